The highest BCUT2D eigenvalue weighted by molar-refractivity contribution is 6.33. The third-order valence-corrected chi connectivity index (χ3v) is 1.89. The van der Waals surface area contributed by atoms with Crippen LogP contribution in [0, 0.1) is 0 Å². The average molecular weight is 210 g/mol. The molecule has 0 aliphatic rings. The maximum Gasteiger partial charge on any atom is 0.416 e. The molecule has 0 heterocycles. The van der Waals surface area contributed by atoms with Crippen LogP contribution >= 0.6 is 11.6 Å². The molecule has 0 saturated heterocycles. The minimum Gasteiger partial charge on any atom is -0.387 e. The topological polar surface area (TPSA) is 12.0 Å². The van der Waals surface area contributed by atoms with E-state index >= 15 is 0 Å². The summed E-state index contributed by atoms with van der Waals surface area (Å²) in [4.78, 5) is 0. The van der Waals surface area contributed by atoms with Crippen molar-refractivity contribution < 1.29 is 13.2 Å². The van der Waals surface area contributed by atoms with Crippen molar-refractivity contribution in [2.75, 3.05) is 12.4 Å². The Hall–Kier alpha value is -0.900. The standard InChI is InChI=1S/C8H7ClF3N/c1-13-7-4-5(8(10,11)12)2-3-6(7)9/h2-4,13H,1H3. The van der Waals surface area contributed by atoms with Crippen LogP contribution in [-0.2, 0) is 6.18 Å². The summed E-state index contributed by atoms with van der Waals surface area (Å²) in [5.41, 5.74) is -0.433. The van der Waals surface area contributed by atoms with Crippen LogP contribution in [0.15, 0.2) is 18.2 Å². The summed E-state index contributed by atoms with van der Waals surface area (Å²) in [6.45, 7) is 0. The van der Waals surface area contributed by atoms with Gasteiger partial charge in [-0.1, -0.05) is 11.6 Å². The fourth-order valence-corrected chi connectivity index (χ4v) is 1.11. The largest absolute Gasteiger partial charge is 0.416 e. The lowest BCUT2D eigenvalue weighted by molar-refractivity contribution is -0.137. The number of halogens is 4. The average Bonchev–Trinajstić information content (AvgIpc) is 2.03. The van der Waals surface area contributed by atoms with E-state index in [0.29, 0.717) is 0 Å². The van der Waals surface area contributed by atoms with Gasteiger partial charge in [0, 0.05) is 7.05 Å². The summed E-state index contributed by atoms with van der Waals surface area (Å²) in [7, 11) is 1.52. The van der Waals surface area contributed by atoms with Crippen LogP contribution in [0.1, 0.15) is 5.56 Å². The Bertz CT molecular complexity index is 309. The number of benzene rings is 1. The van der Waals surface area contributed by atoms with Gasteiger partial charge in [-0.3, -0.25) is 0 Å². The van der Waals surface area contributed by atoms with Crippen LogP contribution in [0.4, 0.5) is 18.9 Å². The van der Waals surface area contributed by atoms with E-state index in [9.17, 15) is 13.2 Å². The Balaban J connectivity index is 3.14. The lowest BCUT2D eigenvalue weighted by Crippen LogP contribution is -2.05. The lowest BCUT2D eigenvalue weighted by atomic mass is 10.2. The van der Waals surface area contributed by atoms with Gasteiger partial charge < -0.3 is 5.32 Å². The third-order valence-electron chi connectivity index (χ3n) is 1.56. The zero-order valence-electron chi connectivity index (χ0n) is 6.74. The van der Waals surface area contributed by atoms with Crippen molar-refractivity contribution in [1.82, 2.24) is 0 Å². The first-order valence-electron chi connectivity index (χ1n) is 3.49. The number of anilines is 1. The highest BCUT2D eigenvalue weighted by Gasteiger charge is 2.30. The van der Waals surface area contributed by atoms with E-state index < -0.39 is 11.7 Å². The van der Waals surface area contributed by atoms with Crippen LogP contribution in [0.25, 0.3) is 0 Å². The monoisotopic (exact) mass is 209 g/mol. The molecule has 1 nitrogen and oxygen atoms in total. The molecule has 0 atom stereocenters. The molecule has 72 valence electrons. The molecule has 1 rings (SSSR count). The Morgan fingerprint density at radius 3 is 2.38 bits per heavy atom. The summed E-state index contributed by atoms with van der Waals surface area (Å²) < 4.78 is 36.5. The second-order valence-corrected chi connectivity index (χ2v) is 2.85. The summed E-state index contributed by atoms with van der Waals surface area (Å²) in [6, 6.07) is 3.14. The maximum absolute atomic E-state index is 12.2. The van der Waals surface area contributed by atoms with Gasteiger partial charge in [0.25, 0.3) is 0 Å². The minimum atomic E-state index is -4.32. The molecule has 1 N–H and O–H groups in total. The molecule has 0 aliphatic carbocycles. The van der Waals surface area contributed by atoms with Gasteiger partial charge in [-0.25, -0.2) is 0 Å². The minimum absolute atomic E-state index is 0.274. The summed E-state index contributed by atoms with van der Waals surface area (Å²) >= 11 is 5.62. The van der Waals surface area contributed by atoms with Gasteiger partial charge in [0.15, 0.2) is 0 Å². The van der Waals surface area contributed by atoms with Crippen molar-refractivity contribution in [2.45, 2.75) is 6.18 Å². The van der Waals surface area contributed by atoms with E-state index in [-0.39, 0.29) is 10.7 Å². The highest BCUT2D eigenvalue weighted by atomic mass is 35.5. The van der Waals surface area contributed by atoms with Crippen molar-refractivity contribution in [3.63, 3.8) is 0 Å². The van der Waals surface area contributed by atoms with E-state index in [1.807, 2.05) is 0 Å². The molecule has 0 bridgehead atoms. The van der Waals surface area contributed by atoms with Crippen molar-refractivity contribution in [1.29, 1.82) is 0 Å². The molecule has 0 fully saturated rings. The summed E-state index contributed by atoms with van der Waals surface area (Å²) in [6.07, 6.45) is -4.32. The van der Waals surface area contributed by atoms with Crippen molar-refractivity contribution in [2.24, 2.45) is 0 Å². The first-order chi connectivity index (χ1) is 5.95. The fourth-order valence-electron chi connectivity index (χ4n) is 0.893. The normalized spacial score (nSPS) is 11.5. The highest BCUT2D eigenvalue weighted by Crippen LogP contribution is 2.33. The smallest absolute Gasteiger partial charge is 0.387 e. The third kappa shape index (κ3) is 2.28. The summed E-state index contributed by atoms with van der Waals surface area (Å²) in [5, 5.41) is 2.85. The van der Waals surface area contributed by atoms with Gasteiger partial charge in [-0.2, -0.15) is 13.2 Å². The quantitative estimate of drug-likeness (QED) is 0.748. The van der Waals surface area contributed by atoms with Gasteiger partial charge in [0.1, 0.15) is 0 Å². The van der Waals surface area contributed by atoms with Crippen molar-refractivity contribution >= 4 is 17.3 Å². The van der Waals surface area contributed by atoms with Crippen LogP contribution in [0.3, 0.4) is 0 Å². The van der Waals surface area contributed by atoms with E-state index in [0.717, 1.165) is 12.1 Å². The molecule has 13 heavy (non-hydrogen) atoms. The Morgan fingerprint density at radius 2 is 1.92 bits per heavy atom. The van der Waals surface area contributed by atoms with Crippen LogP contribution in [0.2, 0.25) is 5.02 Å². The molecule has 0 aromatic heterocycles. The van der Waals surface area contributed by atoms with Crippen molar-refractivity contribution in [3.05, 3.63) is 28.8 Å². The fraction of sp³-hybridized carbons (Fsp3) is 0.250. The number of nitrogens with one attached hydrogen (secondary N) is 1. The molecule has 0 unspecified atom stereocenters. The Labute approximate surface area is 78.5 Å². The zero-order valence-corrected chi connectivity index (χ0v) is 7.50. The number of rotatable bonds is 1. The first-order valence-corrected chi connectivity index (χ1v) is 3.87. The van der Waals surface area contributed by atoms with Crippen LogP contribution < -0.4 is 5.32 Å². The zero-order chi connectivity index (χ0) is 10.1. The molecule has 0 amide bonds. The van der Waals surface area contributed by atoms with E-state index in [1.54, 1.807) is 0 Å². The van der Waals surface area contributed by atoms with Crippen molar-refractivity contribution in [3.8, 4) is 0 Å². The van der Waals surface area contributed by atoms with Gasteiger partial charge in [-0.05, 0) is 18.2 Å². The molecular formula is C8H7ClF3N. The maximum atomic E-state index is 12.2. The molecule has 0 spiro atoms. The van der Waals surface area contributed by atoms with E-state index in [4.69, 9.17) is 11.6 Å². The van der Waals surface area contributed by atoms with Crippen LogP contribution in [-0.4, -0.2) is 7.05 Å². The Kier molecular flexibility index (Phi) is 2.71. The summed E-state index contributed by atoms with van der Waals surface area (Å²) in [5.74, 6) is 0. The molecular weight excluding hydrogens is 203 g/mol. The molecule has 1 aromatic carbocycles. The van der Waals surface area contributed by atoms with Gasteiger partial charge in [0.05, 0.1) is 16.3 Å². The van der Waals surface area contributed by atoms with Crippen LogP contribution in [0.5, 0.6) is 0 Å². The second kappa shape index (κ2) is 3.46. The second-order valence-electron chi connectivity index (χ2n) is 2.44. The molecule has 0 radical (unpaired) electrons. The SMILES string of the molecule is CNc1cc(C(F)(F)F)ccc1Cl. The van der Waals surface area contributed by atoms with Gasteiger partial charge in [-0.15, -0.1) is 0 Å². The van der Waals surface area contributed by atoms with Gasteiger partial charge in [0.2, 0.25) is 0 Å². The Morgan fingerprint density at radius 1 is 1.31 bits per heavy atom. The lowest BCUT2D eigenvalue weighted by Gasteiger charge is -2.09. The predicted octanol–water partition coefficient (Wildman–Crippen LogP) is 3.40. The van der Waals surface area contributed by atoms with E-state index in [2.05, 4.69) is 5.32 Å². The number of hydrogen-bond acceptors (Lipinski definition) is 1. The van der Waals surface area contributed by atoms with Gasteiger partial charge >= 0.3 is 6.18 Å². The van der Waals surface area contributed by atoms with E-state index in [1.165, 1.54) is 13.1 Å². The predicted molar refractivity (Wildman–Crippen MR) is 46.0 cm³/mol. The first kappa shape index (κ1) is 10.2. The number of hydrogen-bond donors (Lipinski definition) is 1. The molecule has 5 heteroatoms. The molecule has 0 aliphatic heterocycles. The molecule has 0 saturated carbocycles. The molecule has 1 aromatic rings. The number of alkyl halides is 3.